The second kappa shape index (κ2) is 5.11. The lowest BCUT2D eigenvalue weighted by atomic mass is 10.2. The van der Waals surface area contributed by atoms with Gasteiger partial charge in [-0.05, 0) is 30.7 Å². The Balaban J connectivity index is 2.12. The van der Waals surface area contributed by atoms with Gasteiger partial charge >= 0.3 is 0 Å². The van der Waals surface area contributed by atoms with Gasteiger partial charge in [0.25, 0.3) is 0 Å². The summed E-state index contributed by atoms with van der Waals surface area (Å²) in [5.74, 6) is 0.792. The Hall–Kier alpha value is -1.67. The minimum Gasteiger partial charge on any atom is -0.489 e. The summed E-state index contributed by atoms with van der Waals surface area (Å²) in [6.45, 7) is 2.44. The number of nitrogens with two attached hydrogens (primary N) is 1. The van der Waals surface area contributed by atoms with E-state index in [1.165, 1.54) is 0 Å². The number of ether oxygens (including phenoxy) is 1. The van der Waals surface area contributed by atoms with Crippen LogP contribution in [0.1, 0.15) is 11.1 Å². The number of halogens is 1. The summed E-state index contributed by atoms with van der Waals surface area (Å²) < 4.78 is 5.72. The second-order valence-electron chi connectivity index (χ2n) is 3.90. The summed E-state index contributed by atoms with van der Waals surface area (Å²) in [5.41, 5.74) is 8.63. The van der Waals surface area contributed by atoms with E-state index >= 15 is 0 Å². The first-order chi connectivity index (χ1) is 8.16. The Morgan fingerprint density at radius 1 is 1.18 bits per heavy atom. The van der Waals surface area contributed by atoms with Gasteiger partial charge in [0, 0.05) is 16.3 Å². The molecule has 0 radical (unpaired) electrons. The molecule has 0 saturated carbocycles. The molecule has 0 aliphatic rings. The number of hydrogen-bond acceptors (Lipinski definition) is 2. The fraction of sp³-hybridized carbons (Fsp3) is 0.143. The lowest BCUT2D eigenvalue weighted by molar-refractivity contribution is 0.305. The molecule has 2 aromatic carbocycles. The number of rotatable bonds is 3. The highest BCUT2D eigenvalue weighted by molar-refractivity contribution is 6.30. The Kier molecular flexibility index (Phi) is 3.55. The minimum absolute atomic E-state index is 0.452. The highest BCUT2D eigenvalue weighted by Crippen LogP contribution is 2.24. The zero-order valence-electron chi connectivity index (χ0n) is 9.61. The molecule has 0 aliphatic heterocycles. The van der Waals surface area contributed by atoms with Crippen molar-refractivity contribution in [3.63, 3.8) is 0 Å². The summed E-state index contributed by atoms with van der Waals surface area (Å²) in [7, 11) is 0. The second-order valence-corrected chi connectivity index (χ2v) is 4.33. The van der Waals surface area contributed by atoms with E-state index in [4.69, 9.17) is 22.1 Å². The first kappa shape index (κ1) is 11.8. The monoisotopic (exact) mass is 247 g/mol. The van der Waals surface area contributed by atoms with Gasteiger partial charge in [-0.15, -0.1) is 0 Å². The van der Waals surface area contributed by atoms with Crippen molar-refractivity contribution in [2.75, 3.05) is 5.73 Å². The molecular formula is C14H14ClNO. The molecule has 2 N–H and O–H groups in total. The maximum Gasteiger partial charge on any atom is 0.124 e. The van der Waals surface area contributed by atoms with Crippen molar-refractivity contribution in [1.82, 2.24) is 0 Å². The smallest absolute Gasteiger partial charge is 0.124 e. The molecule has 2 rings (SSSR count). The molecule has 0 amide bonds. The van der Waals surface area contributed by atoms with E-state index in [1.54, 1.807) is 0 Å². The SMILES string of the molecule is Cc1ccc(Cl)cc1OCc1ccccc1N. The molecule has 17 heavy (non-hydrogen) atoms. The minimum atomic E-state index is 0.452. The molecular weight excluding hydrogens is 234 g/mol. The van der Waals surface area contributed by atoms with Gasteiger partial charge in [-0.2, -0.15) is 0 Å². The average Bonchev–Trinajstić information content (AvgIpc) is 2.32. The van der Waals surface area contributed by atoms with Crippen LogP contribution in [0.5, 0.6) is 5.75 Å². The van der Waals surface area contributed by atoms with Gasteiger partial charge in [-0.3, -0.25) is 0 Å². The largest absolute Gasteiger partial charge is 0.489 e. The summed E-state index contributed by atoms with van der Waals surface area (Å²) in [5, 5.41) is 0.673. The first-order valence-corrected chi connectivity index (χ1v) is 5.77. The number of aryl methyl sites for hydroxylation is 1. The van der Waals surface area contributed by atoms with E-state index in [9.17, 15) is 0 Å². The van der Waals surface area contributed by atoms with E-state index in [2.05, 4.69) is 0 Å². The van der Waals surface area contributed by atoms with Gasteiger partial charge in [0.05, 0.1) is 0 Å². The van der Waals surface area contributed by atoms with Crippen LogP contribution in [-0.2, 0) is 6.61 Å². The fourth-order valence-electron chi connectivity index (χ4n) is 1.55. The normalized spacial score (nSPS) is 10.2. The Morgan fingerprint density at radius 3 is 2.71 bits per heavy atom. The van der Waals surface area contributed by atoms with E-state index in [0.29, 0.717) is 11.6 Å². The summed E-state index contributed by atoms with van der Waals surface area (Å²) in [6, 6.07) is 13.3. The Labute approximate surface area is 106 Å². The van der Waals surface area contributed by atoms with Gasteiger partial charge in [0.2, 0.25) is 0 Å². The zero-order chi connectivity index (χ0) is 12.3. The molecule has 0 unspecified atom stereocenters. The summed E-state index contributed by atoms with van der Waals surface area (Å²) >= 11 is 5.93. The number of para-hydroxylation sites is 1. The molecule has 0 spiro atoms. The zero-order valence-corrected chi connectivity index (χ0v) is 10.4. The Bertz CT molecular complexity index is 525. The van der Waals surface area contributed by atoms with Gasteiger partial charge in [-0.25, -0.2) is 0 Å². The van der Waals surface area contributed by atoms with Crippen molar-refractivity contribution in [3.8, 4) is 5.75 Å². The van der Waals surface area contributed by atoms with Crippen LogP contribution in [0.15, 0.2) is 42.5 Å². The molecule has 0 aromatic heterocycles. The van der Waals surface area contributed by atoms with Crippen molar-refractivity contribution < 1.29 is 4.74 Å². The third kappa shape index (κ3) is 2.92. The van der Waals surface area contributed by atoms with Gasteiger partial charge in [-0.1, -0.05) is 35.9 Å². The molecule has 2 nitrogen and oxygen atoms in total. The quantitative estimate of drug-likeness (QED) is 0.837. The molecule has 0 heterocycles. The number of benzene rings is 2. The molecule has 0 fully saturated rings. The van der Waals surface area contributed by atoms with Gasteiger partial charge in [0.1, 0.15) is 12.4 Å². The lowest BCUT2D eigenvalue weighted by Gasteiger charge is -2.10. The lowest BCUT2D eigenvalue weighted by Crippen LogP contribution is -2.00. The van der Waals surface area contributed by atoms with Crippen LogP contribution >= 0.6 is 11.6 Å². The van der Waals surface area contributed by atoms with Gasteiger partial charge in [0.15, 0.2) is 0 Å². The third-order valence-electron chi connectivity index (χ3n) is 2.59. The number of hydrogen-bond donors (Lipinski definition) is 1. The molecule has 88 valence electrons. The van der Waals surface area contributed by atoms with Crippen LogP contribution < -0.4 is 10.5 Å². The summed E-state index contributed by atoms with van der Waals surface area (Å²) in [4.78, 5) is 0. The predicted molar refractivity (Wildman–Crippen MR) is 71.4 cm³/mol. The molecule has 2 aromatic rings. The van der Waals surface area contributed by atoms with Crippen molar-refractivity contribution in [2.45, 2.75) is 13.5 Å². The summed E-state index contributed by atoms with van der Waals surface area (Å²) in [6.07, 6.45) is 0. The molecule has 0 bridgehead atoms. The maximum atomic E-state index is 5.93. The van der Waals surface area contributed by atoms with Crippen LogP contribution in [0.3, 0.4) is 0 Å². The highest BCUT2D eigenvalue weighted by atomic mass is 35.5. The molecule has 0 saturated heterocycles. The molecule has 0 atom stereocenters. The standard InChI is InChI=1S/C14H14ClNO/c1-10-6-7-12(15)8-14(10)17-9-11-4-2-3-5-13(11)16/h2-8H,9,16H2,1H3. The number of anilines is 1. The van der Waals surface area contributed by atoms with E-state index in [1.807, 2.05) is 49.4 Å². The third-order valence-corrected chi connectivity index (χ3v) is 2.82. The van der Waals surface area contributed by atoms with E-state index < -0.39 is 0 Å². The van der Waals surface area contributed by atoms with Crippen molar-refractivity contribution in [3.05, 3.63) is 58.6 Å². The maximum absolute atomic E-state index is 5.93. The predicted octanol–water partition coefficient (Wildman–Crippen LogP) is 3.81. The first-order valence-electron chi connectivity index (χ1n) is 5.39. The van der Waals surface area contributed by atoms with E-state index in [-0.39, 0.29) is 0 Å². The van der Waals surface area contributed by atoms with Crippen LogP contribution in [0.4, 0.5) is 5.69 Å². The van der Waals surface area contributed by atoms with Crippen molar-refractivity contribution in [1.29, 1.82) is 0 Å². The number of nitrogen functional groups attached to an aromatic ring is 1. The van der Waals surface area contributed by atoms with E-state index in [0.717, 1.165) is 22.6 Å². The van der Waals surface area contributed by atoms with Crippen LogP contribution in [0, 0.1) is 6.92 Å². The highest BCUT2D eigenvalue weighted by Gasteiger charge is 2.03. The van der Waals surface area contributed by atoms with Crippen LogP contribution in [-0.4, -0.2) is 0 Å². The molecule has 3 heteroatoms. The fourth-order valence-corrected chi connectivity index (χ4v) is 1.71. The Morgan fingerprint density at radius 2 is 1.94 bits per heavy atom. The van der Waals surface area contributed by atoms with Crippen molar-refractivity contribution >= 4 is 17.3 Å². The average molecular weight is 248 g/mol. The van der Waals surface area contributed by atoms with Gasteiger partial charge < -0.3 is 10.5 Å². The van der Waals surface area contributed by atoms with Crippen LogP contribution in [0.25, 0.3) is 0 Å². The topological polar surface area (TPSA) is 35.2 Å². The van der Waals surface area contributed by atoms with Crippen LogP contribution in [0.2, 0.25) is 5.02 Å². The van der Waals surface area contributed by atoms with Crippen molar-refractivity contribution in [2.24, 2.45) is 0 Å². The molecule has 0 aliphatic carbocycles.